The molecule has 83 heavy (non-hydrogen) atoms. The van der Waals surface area contributed by atoms with Gasteiger partial charge in [0, 0.05) is 19.3 Å². The van der Waals surface area contributed by atoms with Gasteiger partial charge in [-0.25, -0.2) is 0 Å². The molecular formula is C77H118O6. The molecule has 1 unspecified atom stereocenters. The van der Waals surface area contributed by atoms with Crippen LogP contribution in [0.5, 0.6) is 0 Å². The van der Waals surface area contributed by atoms with E-state index in [-0.39, 0.29) is 38.0 Å². The van der Waals surface area contributed by atoms with Gasteiger partial charge in [-0.3, -0.25) is 14.4 Å². The lowest BCUT2D eigenvalue weighted by Gasteiger charge is -2.18. The molecule has 0 aliphatic heterocycles. The second kappa shape index (κ2) is 68.7. The van der Waals surface area contributed by atoms with Gasteiger partial charge in [-0.2, -0.15) is 0 Å². The van der Waals surface area contributed by atoms with E-state index in [1.54, 1.807) is 0 Å². The lowest BCUT2D eigenvalue weighted by atomic mass is 10.0. The van der Waals surface area contributed by atoms with Gasteiger partial charge in [-0.05, 0) is 141 Å². The summed E-state index contributed by atoms with van der Waals surface area (Å²) in [6.07, 6.45) is 105. The summed E-state index contributed by atoms with van der Waals surface area (Å²) in [6.45, 7) is 6.18. The average molecular weight is 1140 g/mol. The molecule has 0 spiro atoms. The van der Waals surface area contributed by atoms with E-state index >= 15 is 0 Å². The van der Waals surface area contributed by atoms with Crippen molar-refractivity contribution in [1.29, 1.82) is 0 Å². The molecule has 0 amide bonds. The molecule has 6 heteroatoms. The Morgan fingerprint density at radius 3 is 0.771 bits per heavy atom. The average Bonchev–Trinajstić information content (AvgIpc) is 3.49. The zero-order valence-electron chi connectivity index (χ0n) is 52.9. The Balaban J connectivity index is 4.49. The molecule has 0 rings (SSSR count). The molecule has 0 aromatic carbocycles. The fraction of sp³-hybridized carbons (Fsp3) is 0.545. The van der Waals surface area contributed by atoms with Crippen LogP contribution in [-0.2, 0) is 28.6 Å². The summed E-state index contributed by atoms with van der Waals surface area (Å²) < 4.78 is 16.8. The molecule has 0 aliphatic carbocycles. The standard InChI is InChI=1S/C77H118O6/c1-4-7-10-13-16-19-22-25-28-31-33-34-35-36-37-38-39-40-41-42-44-46-49-52-55-58-61-64-67-70-76(79)82-73-74(72-81-75(78)69-66-63-60-57-54-51-48-45-30-27-24-21-18-15-12-9-6-3)83-77(80)71-68-65-62-59-56-53-50-47-43-32-29-26-23-20-17-14-11-8-5-2/h7-12,16-21,25-30,33-34,36-37,43,47-48,51,53,56-57,60,62,65,74H,4-6,13-15,22-24,31-32,35,38-42,44-46,49-50,52,54-55,58-59,61,63-64,66-73H2,1-3H3/b10-7-,11-8-,12-9-,19-16-,20-17-,21-18-,28-25-,29-26-,30-27-,34-33-,37-36-,47-43-,51-48-,56-53-,60-57-,65-62-. The van der Waals surface area contributed by atoms with Crippen LogP contribution in [0.4, 0.5) is 0 Å². The molecule has 0 bridgehead atoms. The van der Waals surface area contributed by atoms with Crippen molar-refractivity contribution in [3.63, 3.8) is 0 Å². The zero-order valence-corrected chi connectivity index (χ0v) is 52.9. The van der Waals surface area contributed by atoms with E-state index in [4.69, 9.17) is 14.2 Å². The number of hydrogen-bond donors (Lipinski definition) is 0. The zero-order chi connectivity index (χ0) is 59.9. The number of carbonyl (C=O) groups excluding carboxylic acids is 3. The number of ether oxygens (including phenoxy) is 3. The monoisotopic (exact) mass is 1140 g/mol. The van der Waals surface area contributed by atoms with Gasteiger partial charge in [0.25, 0.3) is 0 Å². The van der Waals surface area contributed by atoms with Crippen LogP contribution in [0.15, 0.2) is 194 Å². The third-order valence-electron chi connectivity index (χ3n) is 13.1. The summed E-state index contributed by atoms with van der Waals surface area (Å²) in [4.78, 5) is 38.3. The highest BCUT2D eigenvalue weighted by Gasteiger charge is 2.19. The minimum absolute atomic E-state index is 0.136. The number of allylic oxidation sites excluding steroid dienone is 32. The van der Waals surface area contributed by atoms with Gasteiger partial charge in [0.1, 0.15) is 13.2 Å². The summed E-state index contributed by atoms with van der Waals surface area (Å²) >= 11 is 0. The first-order valence-electron chi connectivity index (χ1n) is 32.9. The first-order chi connectivity index (χ1) is 41.0. The van der Waals surface area contributed by atoms with Gasteiger partial charge in [-0.1, -0.05) is 286 Å². The first kappa shape index (κ1) is 77.2. The van der Waals surface area contributed by atoms with E-state index in [2.05, 4.69) is 203 Å². The summed E-state index contributed by atoms with van der Waals surface area (Å²) in [5, 5.41) is 0. The van der Waals surface area contributed by atoms with Crippen molar-refractivity contribution in [3.05, 3.63) is 194 Å². The minimum Gasteiger partial charge on any atom is -0.462 e. The molecular weight excluding hydrogens is 1020 g/mol. The molecule has 0 fully saturated rings. The number of unbranched alkanes of at least 4 members (excludes halogenated alkanes) is 14. The van der Waals surface area contributed by atoms with E-state index < -0.39 is 12.1 Å². The van der Waals surface area contributed by atoms with E-state index in [0.29, 0.717) is 19.3 Å². The van der Waals surface area contributed by atoms with E-state index in [0.717, 1.165) is 128 Å². The van der Waals surface area contributed by atoms with Crippen molar-refractivity contribution in [1.82, 2.24) is 0 Å². The normalized spacial score (nSPS) is 13.4. The maximum Gasteiger partial charge on any atom is 0.306 e. The fourth-order valence-corrected chi connectivity index (χ4v) is 8.30. The SMILES string of the molecule is CC/C=C\C/C=C\C/C=C\C/C=C\C/C=C\C/C=C\CCC(=O)OC(COC(=O)CCC/C=C\C/C=C\C/C=C\C/C=C\C/C=C\CC)COC(=O)CCCCCCCCCCCCCCC/C=C\C/C=C\C/C=C\C/C=C\C/C=C\CC. The maximum absolute atomic E-state index is 12.9. The van der Waals surface area contributed by atoms with Crippen LogP contribution in [0.2, 0.25) is 0 Å². The predicted octanol–water partition coefficient (Wildman–Crippen LogP) is 23.0. The quantitative estimate of drug-likeness (QED) is 0.0261. The second-order valence-electron chi connectivity index (χ2n) is 20.9. The molecule has 0 radical (unpaired) electrons. The Kier molecular flexibility index (Phi) is 64.0. The molecule has 1 atom stereocenters. The second-order valence-corrected chi connectivity index (χ2v) is 20.9. The van der Waals surface area contributed by atoms with Crippen molar-refractivity contribution in [3.8, 4) is 0 Å². The molecule has 0 saturated carbocycles. The summed E-state index contributed by atoms with van der Waals surface area (Å²) in [5.41, 5.74) is 0. The van der Waals surface area contributed by atoms with Gasteiger partial charge in [0.05, 0.1) is 0 Å². The van der Waals surface area contributed by atoms with Crippen LogP contribution >= 0.6 is 0 Å². The van der Waals surface area contributed by atoms with Crippen molar-refractivity contribution in [2.45, 2.75) is 258 Å². The molecule has 6 nitrogen and oxygen atoms in total. The molecule has 0 N–H and O–H groups in total. The highest BCUT2D eigenvalue weighted by molar-refractivity contribution is 5.71. The van der Waals surface area contributed by atoms with Crippen LogP contribution in [0.1, 0.15) is 252 Å². The van der Waals surface area contributed by atoms with E-state index in [9.17, 15) is 14.4 Å². The summed E-state index contributed by atoms with van der Waals surface area (Å²) in [5.74, 6) is -1.09. The molecule has 0 aromatic heterocycles. The Morgan fingerprint density at radius 2 is 0.470 bits per heavy atom. The van der Waals surface area contributed by atoms with E-state index in [1.807, 2.05) is 12.2 Å². The Labute approximate surface area is 509 Å². The lowest BCUT2D eigenvalue weighted by molar-refractivity contribution is -0.166. The maximum atomic E-state index is 12.9. The number of carbonyl (C=O) groups is 3. The first-order valence-corrected chi connectivity index (χ1v) is 32.9. The number of hydrogen-bond acceptors (Lipinski definition) is 6. The molecule has 462 valence electrons. The van der Waals surface area contributed by atoms with Crippen LogP contribution in [0.3, 0.4) is 0 Å². The third kappa shape index (κ3) is 66.9. The molecule has 0 heterocycles. The Hall–Kier alpha value is -5.75. The highest BCUT2D eigenvalue weighted by atomic mass is 16.6. The lowest BCUT2D eigenvalue weighted by Crippen LogP contribution is -2.30. The summed E-state index contributed by atoms with van der Waals surface area (Å²) in [6, 6.07) is 0. The minimum atomic E-state index is -0.855. The highest BCUT2D eigenvalue weighted by Crippen LogP contribution is 2.15. The molecule has 0 aromatic rings. The van der Waals surface area contributed by atoms with Crippen LogP contribution in [0.25, 0.3) is 0 Å². The van der Waals surface area contributed by atoms with Gasteiger partial charge in [-0.15, -0.1) is 0 Å². The van der Waals surface area contributed by atoms with Crippen molar-refractivity contribution in [2.24, 2.45) is 0 Å². The number of esters is 3. The molecule has 0 aliphatic rings. The van der Waals surface area contributed by atoms with Gasteiger partial charge in [0.2, 0.25) is 0 Å². The van der Waals surface area contributed by atoms with Crippen molar-refractivity contribution >= 4 is 17.9 Å². The van der Waals surface area contributed by atoms with Gasteiger partial charge >= 0.3 is 17.9 Å². The van der Waals surface area contributed by atoms with E-state index in [1.165, 1.54) is 70.6 Å². The Bertz CT molecular complexity index is 1990. The smallest absolute Gasteiger partial charge is 0.306 e. The van der Waals surface area contributed by atoms with Crippen LogP contribution in [-0.4, -0.2) is 37.2 Å². The fourth-order valence-electron chi connectivity index (χ4n) is 8.30. The van der Waals surface area contributed by atoms with Gasteiger partial charge < -0.3 is 14.2 Å². The van der Waals surface area contributed by atoms with Crippen LogP contribution in [0, 0.1) is 0 Å². The largest absolute Gasteiger partial charge is 0.462 e. The number of rotatable bonds is 57. The summed E-state index contributed by atoms with van der Waals surface area (Å²) in [7, 11) is 0. The van der Waals surface area contributed by atoms with Crippen LogP contribution < -0.4 is 0 Å². The third-order valence-corrected chi connectivity index (χ3v) is 13.1. The predicted molar refractivity (Wildman–Crippen MR) is 361 cm³/mol. The molecule has 0 saturated heterocycles. The van der Waals surface area contributed by atoms with Crippen molar-refractivity contribution < 1.29 is 28.6 Å². The van der Waals surface area contributed by atoms with Crippen molar-refractivity contribution in [2.75, 3.05) is 13.2 Å². The topological polar surface area (TPSA) is 78.9 Å². The Morgan fingerprint density at radius 1 is 0.241 bits per heavy atom. The van der Waals surface area contributed by atoms with Gasteiger partial charge in [0.15, 0.2) is 6.10 Å².